The molecule has 0 aliphatic heterocycles. The van der Waals surface area contributed by atoms with Crippen molar-refractivity contribution >= 4 is 17.5 Å². The number of carbonyl (C=O) groups is 2. The zero-order valence-corrected chi connectivity index (χ0v) is 13.3. The average Bonchev–Trinajstić information content (AvgIpc) is 3.28. The van der Waals surface area contributed by atoms with E-state index in [2.05, 4.69) is 10.6 Å². The molecular formula is C17H24N2O3. The number of hydrogen-bond donors (Lipinski definition) is 3. The molecule has 1 aliphatic carbocycles. The highest BCUT2D eigenvalue weighted by molar-refractivity contribution is 5.96. The van der Waals surface area contributed by atoms with Gasteiger partial charge in [-0.1, -0.05) is 20.8 Å². The van der Waals surface area contributed by atoms with Gasteiger partial charge in [-0.15, -0.1) is 0 Å². The van der Waals surface area contributed by atoms with Gasteiger partial charge in [0, 0.05) is 23.7 Å². The Morgan fingerprint density at radius 1 is 1.23 bits per heavy atom. The van der Waals surface area contributed by atoms with Crippen LogP contribution >= 0.6 is 0 Å². The summed E-state index contributed by atoms with van der Waals surface area (Å²) >= 11 is 0. The van der Waals surface area contributed by atoms with Crippen LogP contribution in [0.25, 0.3) is 0 Å². The molecule has 0 radical (unpaired) electrons. The Morgan fingerprint density at radius 2 is 1.82 bits per heavy atom. The predicted molar refractivity (Wildman–Crippen MR) is 85.6 cm³/mol. The van der Waals surface area contributed by atoms with Gasteiger partial charge in [-0.25, -0.2) is 0 Å². The summed E-state index contributed by atoms with van der Waals surface area (Å²) in [5.74, 6) is -0.0317. The molecule has 1 unspecified atom stereocenters. The lowest BCUT2D eigenvalue weighted by atomic mass is 9.89. The van der Waals surface area contributed by atoms with Crippen LogP contribution in [0.15, 0.2) is 24.3 Å². The third-order valence-corrected chi connectivity index (χ3v) is 3.82. The number of carbonyl (C=O) groups excluding carboxylic acids is 2. The van der Waals surface area contributed by atoms with Crippen molar-refractivity contribution in [3.63, 3.8) is 0 Å². The highest BCUT2D eigenvalue weighted by atomic mass is 16.3. The van der Waals surface area contributed by atoms with Gasteiger partial charge in [0.25, 0.3) is 5.91 Å². The number of benzene rings is 1. The smallest absolute Gasteiger partial charge is 0.251 e. The lowest BCUT2D eigenvalue weighted by Crippen LogP contribution is -2.39. The van der Waals surface area contributed by atoms with Gasteiger partial charge in [0.05, 0.1) is 6.10 Å². The van der Waals surface area contributed by atoms with Gasteiger partial charge in [-0.3, -0.25) is 9.59 Å². The Labute approximate surface area is 131 Å². The van der Waals surface area contributed by atoms with Gasteiger partial charge in [0.2, 0.25) is 5.91 Å². The van der Waals surface area contributed by atoms with E-state index in [9.17, 15) is 14.7 Å². The lowest BCUT2D eigenvalue weighted by molar-refractivity contribution is -0.117. The Balaban J connectivity index is 1.86. The first-order valence-corrected chi connectivity index (χ1v) is 7.64. The number of amides is 2. The molecule has 1 aliphatic rings. The van der Waals surface area contributed by atoms with E-state index in [4.69, 9.17) is 0 Å². The van der Waals surface area contributed by atoms with Crippen molar-refractivity contribution in [3.05, 3.63) is 29.8 Å². The maximum absolute atomic E-state index is 12.0. The fraction of sp³-hybridized carbons (Fsp3) is 0.529. The molecule has 2 rings (SSSR count). The minimum absolute atomic E-state index is 0.0468. The summed E-state index contributed by atoms with van der Waals surface area (Å²) in [4.78, 5) is 23.7. The third kappa shape index (κ3) is 4.56. The number of nitrogens with one attached hydrogen (secondary N) is 2. The topological polar surface area (TPSA) is 78.4 Å². The van der Waals surface area contributed by atoms with Gasteiger partial charge < -0.3 is 15.7 Å². The van der Waals surface area contributed by atoms with Crippen molar-refractivity contribution in [3.8, 4) is 0 Å². The van der Waals surface area contributed by atoms with Crippen molar-refractivity contribution in [1.82, 2.24) is 5.32 Å². The first-order chi connectivity index (χ1) is 10.3. The second-order valence-corrected chi connectivity index (χ2v) is 6.93. The molecular weight excluding hydrogens is 280 g/mol. The van der Waals surface area contributed by atoms with E-state index in [0.29, 0.717) is 11.3 Å². The second-order valence-electron chi connectivity index (χ2n) is 6.93. The molecule has 22 heavy (non-hydrogen) atoms. The Bertz CT molecular complexity index is 542. The van der Waals surface area contributed by atoms with Crippen molar-refractivity contribution in [2.75, 3.05) is 11.9 Å². The first-order valence-electron chi connectivity index (χ1n) is 7.64. The number of aliphatic hydroxyl groups is 1. The maximum atomic E-state index is 12.0. The highest BCUT2D eigenvalue weighted by Gasteiger charge is 2.29. The standard InChI is InChI=1S/C17H24N2O3/c1-17(2,3)14(20)10-18-15(21)11-6-8-13(9-7-11)19-16(22)12-4-5-12/h6-9,12,14,20H,4-5,10H2,1-3H3,(H,18,21)(H,19,22). The molecule has 1 atom stereocenters. The molecule has 120 valence electrons. The number of rotatable bonds is 5. The third-order valence-electron chi connectivity index (χ3n) is 3.82. The van der Waals surface area contributed by atoms with Gasteiger partial charge in [0.15, 0.2) is 0 Å². The molecule has 1 aromatic carbocycles. The van der Waals surface area contributed by atoms with Gasteiger partial charge >= 0.3 is 0 Å². The fourth-order valence-electron chi connectivity index (χ4n) is 1.89. The molecule has 0 heterocycles. The van der Waals surface area contributed by atoms with Crippen molar-refractivity contribution in [2.24, 2.45) is 11.3 Å². The normalized spacial score (nSPS) is 16.0. The maximum Gasteiger partial charge on any atom is 0.251 e. The van der Waals surface area contributed by atoms with E-state index >= 15 is 0 Å². The molecule has 2 amide bonds. The predicted octanol–water partition coefficient (Wildman–Crippen LogP) is 2.17. The van der Waals surface area contributed by atoms with E-state index in [0.717, 1.165) is 12.8 Å². The Kier molecular flexibility index (Phi) is 4.86. The molecule has 3 N–H and O–H groups in total. The van der Waals surface area contributed by atoms with E-state index in [-0.39, 0.29) is 29.7 Å². The largest absolute Gasteiger partial charge is 0.391 e. The molecule has 0 aromatic heterocycles. The summed E-state index contributed by atoms with van der Waals surface area (Å²) < 4.78 is 0. The summed E-state index contributed by atoms with van der Waals surface area (Å²) in [6.45, 7) is 5.96. The Morgan fingerprint density at radius 3 is 2.32 bits per heavy atom. The van der Waals surface area contributed by atoms with Crippen LogP contribution < -0.4 is 10.6 Å². The highest BCUT2D eigenvalue weighted by Crippen LogP contribution is 2.30. The molecule has 5 nitrogen and oxygen atoms in total. The van der Waals surface area contributed by atoms with E-state index in [1.807, 2.05) is 20.8 Å². The van der Waals surface area contributed by atoms with Crippen LogP contribution in [0, 0.1) is 11.3 Å². The average molecular weight is 304 g/mol. The van der Waals surface area contributed by atoms with Crippen LogP contribution in [0.3, 0.4) is 0 Å². The molecule has 5 heteroatoms. The Hall–Kier alpha value is -1.88. The zero-order valence-electron chi connectivity index (χ0n) is 13.3. The summed E-state index contributed by atoms with van der Waals surface area (Å²) in [7, 11) is 0. The van der Waals surface area contributed by atoms with E-state index in [1.54, 1.807) is 24.3 Å². The second kappa shape index (κ2) is 6.48. The summed E-state index contributed by atoms with van der Waals surface area (Å²) in [5, 5.41) is 15.5. The minimum Gasteiger partial charge on any atom is -0.391 e. The molecule has 0 bridgehead atoms. The van der Waals surface area contributed by atoms with Crippen molar-refractivity contribution in [1.29, 1.82) is 0 Å². The SMILES string of the molecule is CC(C)(C)C(O)CNC(=O)c1ccc(NC(=O)C2CC2)cc1. The molecule has 1 fully saturated rings. The summed E-state index contributed by atoms with van der Waals surface area (Å²) in [6, 6.07) is 6.77. The van der Waals surface area contributed by atoms with Gasteiger partial charge in [-0.05, 0) is 42.5 Å². The van der Waals surface area contributed by atoms with Gasteiger partial charge in [0.1, 0.15) is 0 Å². The van der Waals surface area contributed by atoms with Crippen LogP contribution in [0.2, 0.25) is 0 Å². The summed E-state index contributed by atoms with van der Waals surface area (Å²) in [5.41, 5.74) is 0.929. The van der Waals surface area contributed by atoms with Crippen molar-refractivity contribution < 1.29 is 14.7 Å². The number of aliphatic hydroxyl groups excluding tert-OH is 1. The van der Waals surface area contributed by atoms with Gasteiger partial charge in [-0.2, -0.15) is 0 Å². The molecule has 1 aromatic rings. The first kappa shape index (κ1) is 16.5. The van der Waals surface area contributed by atoms with Crippen LogP contribution in [0.5, 0.6) is 0 Å². The quantitative estimate of drug-likeness (QED) is 0.780. The zero-order chi connectivity index (χ0) is 16.3. The molecule has 0 spiro atoms. The monoisotopic (exact) mass is 304 g/mol. The molecule has 0 saturated heterocycles. The van der Waals surface area contributed by atoms with Crippen LogP contribution in [-0.2, 0) is 4.79 Å². The van der Waals surface area contributed by atoms with E-state index in [1.165, 1.54) is 0 Å². The molecule has 1 saturated carbocycles. The van der Waals surface area contributed by atoms with Crippen molar-refractivity contribution in [2.45, 2.75) is 39.7 Å². The van der Waals surface area contributed by atoms with Crippen LogP contribution in [0.4, 0.5) is 5.69 Å². The fourth-order valence-corrected chi connectivity index (χ4v) is 1.89. The van der Waals surface area contributed by atoms with E-state index < -0.39 is 6.10 Å². The lowest BCUT2D eigenvalue weighted by Gasteiger charge is -2.25. The number of anilines is 1. The summed E-state index contributed by atoms with van der Waals surface area (Å²) in [6.07, 6.45) is 1.32. The number of hydrogen-bond acceptors (Lipinski definition) is 3. The van der Waals surface area contributed by atoms with Crippen LogP contribution in [0.1, 0.15) is 44.0 Å². The minimum atomic E-state index is -0.603. The van der Waals surface area contributed by atoms with Crippen LogP contribution in [-0.4, -0.2) is 29.6 Å².